The van der Waals surface area contributed by atoms with Gasteiger partial charge in [-0.3, -0.25) is 4.79 Å². The van der Waals surface area contributed by atoms with Crippen LogP contribution in [0.3, 0.4) is 0 Å². The van der Waals surface area contributed by atoms with Crippen molar-refractivity contribution in [2.75, 3.05) is 25.7 Å². The first-order valence-corrected chi connectivity index (χ1v) is 9.62. The Morgan fingerprint density at radius 3 is 2.00 bits per heavy atom. The lowest BCUT2D eigenvalue weighted by Crippen LogP contribution is -2.25. The van der Waals surface area contributed by atoms with Gasteiger partial charge in [0.25, 0.3) is 0 Å². The second kappa shape index (κ2) is 11.3. The van der Waals surface area contributed by atoms with Crippen LogP contribution in [0.15, 0.2) is 24.3 Å². The van der Waals surface area contributed by atoms with Gasteiger partial charge in [0, 0.05) is 5.33 Å². The number of rotatable bonds is 12. The highest BCUT2D eigenvalue weighted by Crippen LogP contribution is 2.25. The van der Waals surface area contributed by atoms with E-state index in [-0.39, 0.29) is 5.97 Å². The van der Waals surface area contributed by atoms with Crippen molar-refractivity contribution < 1.29 is 19.0 Å². The Labute approximate surface area is 154 Å². The third-order valence-electron chi connectivity index (χ3n) is 3.82. The van der Waals surface area contributed by atoms with Crippen molar-refractivity contribution in [1.29, 1.82) is 0 Å². The third-order valence-corrected chi connectivity index (χ3v) is 4.38. The topological polar surface area (TPSA) is 44.8 Å². The van der Waals surface area contributed by atoms with Crippen LogP contribution in [0.2, 0.25) is 0 Å². The van der Waals surface area contributed by atoms with Crippen molar-refractivity contribution in [3.05, 3.63) is 24.3 Å². The summed E-state index contributed by atoms with van der Waals surface area (Å²) in [6, 6.07) is 7.73. The molecule has 0 aliphatic rings. The summed E-state index contributed by atoms with van der Waals surface area (Å²) in [5.74, 6) is 1.59. The lowest BCUT2D eigenvalue weighted by Gasteiger charge is -2.21. The van der Waals surface area contributed by atoms with E-state index in [0.717, 1.165) is 48.9 Å². The van der Waals surface area contributed by atoms with Crippen LogP contribution in [0.25, 0.3) is 0 Å². The maximum absolute atomic E-state index is 11.6. The Bertz CT molecular complexity index is 471. The molecule has 1 rings (SSSR count). The quantitative estimate of drug-likeness (QED) is 0.281. The Morgan fingerprint density at radius 2 is 1.50 bits per heavy atom. The van der Waals surface area contributed by atoms with Gasteiger partial charge in [-0.15, -0.1) is 0 Å². The van der Waals surface area contributed by atoms with Gasteiger partial charge in [0.2, 0.25) is 0 Å². The number of benzene rings is 1. The molecule has 1 aromatic carbocycles. The zero-order chi connectivity index (χ0) is 17.8. The van der Waals surface area contributed by atoms with E-state index in [9.17, 15) is 4.79 Å². The van der Waals surface area contributed by atoms with Crippen LogP contribution in [0.4, 0.5) is 0 Å². The van der Waals surface area contributed by atoms with Crippen molar-refractivity contribution in [3.63, 3.8) is 0 Å². The summed E-state index contributed by atoms with van der Waals surface area (Å²) < 4.78 is 16.1. The first-order valence-electron chi connectivity index (χ1n) is 8.49. The van der Waals surface area contributed by atoms with Crippen LogP contribution >= 0.6 is 15.9 Å². The predicted molar refractivity (Wildman–Crippen MR) is 100 cm³/mol. The molecule has 0 bridgehead atoms. The normalized spacial score (nSPS) is 11.2. The molecule has 24 heavy (non-hydrogen) atoms. The fraction of sp³-hybridized carbons (Fsp3) is 0.632. The minimum atomic E-state index is -0.403. The fourth-order valence-corrected chi connectivity index (χ4v) is 2.52. The summed E-state index contributed by atoms with van der Waals surface area (Å²) in [7, 11) is 1.44. The van der Waals surface area contributed by atoms with Gasteiger partial charge in [0.15, 0.2) is 0 Å². The summed E-state index contributed by atoms with van der Waals surface area (Å²) in [5.41, 5.74) is -0.403. The monoisotopic (exact) mass is 400 g/mol. The Kier molecular flexibility index (Phi) is 9.84. The number of methoxy groups -OCH3 is 1. The van der Waals surface area contributed by atoms with Gasteiger partial charge in [-0.1, -0.05) is 28.8 Å². The SMILES string of the molecule is COC(=O)C(C)(C)CCCCCOc1ccc(OCCCBr)cc1. The van der Waals surface area contributed by atoms with Crippen molar-refractivity contribution in [1.82, 2.24) is 0 Å². The van der Waals surface area contributed by atoms with Crippen LogP contribution in [-0.2, 0) is 9.53 Å². The fourth-order valence-electron chi connectivity index (χ4n) is 2.29. The zero-order valence-electron chi connectivity index (χ0n) is 15.0. The molecule has 0 saturated heterocycles. The van der Waals surface area contributed by atoms with Crippen LogP contribution < -0.4 is 9.47 Å². The van der Waals surface area contributed by atoms with Crippen LogP contribution in [-0.4, -0.2) is 31.6 Å². The molecule has 4 nitrogen and oxygen atoms in total. The highest BCUT2D eigenvalue weighted by Gasteiger charge is 2.27. The summed E-state index contributed by atoms with van der Waals surface area (Å²) in [6.45, 7) is 5.25. The molecule has 0 radical (unpaired) electrons. The highest BCUT2D eigenvalue weighted by molar-refractivity contribution is 9.09. The van der Waals surface area contributed by atoms with Crippen molar-refractivity contribution in [2.24, 2.45) is 5.41 Å². The van der Waals surface area contributed by atoms with E-state index in [2.05, 4.69) is 15.9 Å². The molecule has 0 heterocycles. The summed E-state index contributed by atoms with van der Waals surface area (Å²) in [4.78, 5) is 11.6. The van der Waals surface area contributed by atoms with Gasteiger partial charge in [0.1, 0.15) is 11.5 Å². The Hall–Kier alpha value is -1.23. The van der Waals surface area contributed by atoms with E-state index < -0.39 is 5.41 Å². The average Bonchev–Trinajstić information content (AvgIpc) is 2.58. The molecule has 0 N–H and O–H groups in total. The van der Waals surface area contributed by atoms with Crippen LogP contribution in [0.5, 0.6) is 11.5 Å². The maximum atomic E-state index is 11.6. The van der Waals surface area contributed by atoms with Gasteiger partial charge < -0.3 is 14.2 Å². The second-order valence-corrected chi connectivity index (χ2v) is 7.19. The summed E-state index contributed by atoms with van der Waals surface area (Å²) in [6.07, 6.45) is 4.83. The van der Waals surface area contributed by atoms with Gasteiger partial charge in [-0.05, 0) is 57.4 Å². The molecule has 1 aromatic rings. The zero-order valence-corrected chi connectivity index (χ0v) is 16.6. The number of hydrogen-bond acceptors (Lipinski definition) is 4. The van der Waals surface area contributed by atoms with Crippen LogP contribution in [0, 0.1) is 5.41 Å². The minimum absolute atomic E-state index is 0.141. The molecular weight excluding hydrogens is 372 g/mol. The third kappa shape index (κ3) is 8.04. The summed E-state index contributed by atoms with van der Waals surface area (Å²) in [5, 5.41) is 0.949. The van der Waals surface area contributed by atoms with Crippen molar-refractivity contribution in [2.45, 2.75) is 46.0 Å². The lowest BCUT2D eigenvalue weighted by molar-refractivity contribution is -0.151. The Balaban J connectivity index is 2.16. The number of esters is 1. The largest absolute Gasteiger partial charge is 0.494 e. The van der Waals surface area contributed by atoms with Gasteiger partial charge in [-0.25, -0.2) is 0 Å². The molecule has 0 amide bonds. The smallest absolute Gasteiger partial charge is 0.311 e. The average molecular weight is 401 g/mol. The molecule has 0 atom stereocenters. The minimum Gasteiger partial charge on any atom is -0.494 e. The second-order valence-electron chi connectivity index (χ2n) is 6.40. The molecule has 0 saturated carbocycles. The Morgan fingerprint density at radius 1 is 0.958 bits per heavy atom. The lowest BCUT2D eigenvalue weighted by atomic mass is 9.87. The van der Waals surface area contributed by atoms with E-state index in [1.807, 2.05) is 38.1 Å². The van der Waals surface area contributed by atoms with Crippen LogP contribution in [0.1, 0.15) is 46.0 Å². The highest BCUT2D eigenvalue weighted by atomic mass is 79.9. The van der Waals surface area contributed by atoms with Gasteiger partial charge in [-0.2, -0.15) is 0 Å². The van der Waals surface area contributed by atoms with Crippen molar-refractivity contribution >= 4 is 21.9 Å². The van der Waals surface area contributed by atoms with E-state index in [0.29, 0.717) is 13.2 Å². The number of ether oxygens (including phenoxy) is 3. The molecule has 0 aliphatic heterocycles. The standard InChI is InChI=1S/C19H29BrO4/c1-19(2,18(21)22-3)12-5-4-6-14-23-16-8-10-17(11-9-16)24-15-7-13-20/h8-11H,4-7,12-15H2,1-3H3. The van der Waals surface area contributed by atoms with Crippen molar-refractivity contribution in [3.8, 4) is 11.5 Å². The molecule has 5 heteroatoms. The van der Waals surface area contributed by atoms with Gasteiger partial charge >= 0.3 is 5.97 Å². The molecule has 0 spiro atoms. The number of unbranched alkanes of at least 4 members (excludes halogenated alkanes) is 2. The number of alkyl halides is 1. The van der Waals surface area contributed by atoms with Gasteiger partial charge in [0.05, 0.1) is 25.7 Å². The van der Waals surface area contributed by atoms with E-state index >= 15 is 0 Å². The molecule has 136 valence electrons. The number of halogens is 1. The predicted octanol–water partition coefficient (Wildman–Crippen LogP) is 4.99. The van der Waals surface area contributed by atoms with E-state index in [1.54, 1.807) is 0 Å². The van der Waals surface area contributed by atoms with E-state index in [1.165, 1.54) is 7.11 Å². The molecule has 0 aliphatic carbocycles. The number of carbonyl (C=O) groups is 1. The number of hydrogen-bond donors (Lipinski definition) is 0. The van der Waals surface area contributed by atoms with E-state index in [4.69, 9.17) is 14.2 Å². The molecule has 0 fully saturated rings. The number of carbonyl (C=O) groups excluding carboxylic acids is 1. The first kappa shape index (κ1) is 20.8. The molecular formula is C19H29BrO4. The first-order chi connectivity index (χ1) is 11.5. The molecule has 0 aromatic heterocycles. The summed E-state index contributed by atoms with van der Waals surface area (Å²) >= 11 is 3.38. The maximum Gasteiger partial charge on any atom is 0.311 e. The molecule has 0 unspecified atom stereocenters.